The molecule has 4 rings (SSSR count). The molecule has 3 nitrogen and oxygen atoms in total. The number of Topliss-reactive ketones (excluding diaryl/α,β-unsaturated/α-hetero) is 1. The molecule has 0 unspecified atom stereocenters. The smallest absolute Gasteiger partial charge is 0.146 e. The average Bonchev–Trinajstić information content (AvgIpc) is 2.87. The van der Waals surface area contributed by atoms with Gasteiger partial charge < -0.3 is 10.1 Å². The second-order valence-electron chi connectivity index (χ2n) is 7.99. The van der Waals surface area contributed by atoms with Gasteiger partial charge in [-0.15, -0.1) is 0 Å². The van der Waals surface area contributed by atoms with Gasteiger partial charge in [0.2, 0.25) is 0 Å². The van der Waals surface area contributed by atoms with Crippen molar-refractivity contribution in [1.82, 2.24) is 0 Å². The zero-order chi connectivity index (χ0) is 17.8. The van der Waals surface area contributed by atoms with Crippen molar-refractivity contribution in [2.45, 2.75) is 50.7 Å². The van der Waals surface area contributed by atoms with E-state index in [0.717, 1.165) is 17.0 Å². The number of fused-ring (bicyclic) bond motifs is 2. The molecule has 1 aliphatic carbocycles. The van der Waals surface area contributed by atoms with Crippen molar-refractivity contribution >= 4 is 11.5 Å². The van der Waals surface area contributed by atoms with Crippen LogP contribution in [0.4, 0.5) is 10.1 Å². The minimum Gasteiger partial charge on any atom is -0.486 e. The summed E-state index contributed by atoms with van der Waals surface area (Å²) in [5, 5.41) is 3.53. The summed E-state index contributed by atoms with van der Waals surface area (Å²) >= 11 is 0. The van der Waals surface area contributed by atoms with E-state index in [0.29, 0.717) is 6.42 Å². The zero-order valence-electron chi connectivity index (χ0n) is 14.7. The Morgan fingerprint density at radius 3 is 2.52 bits per heavy atom. The van der Waals surface area contributed by atoms with Crippen LogP contribution in [0, 0.1) is 5.82 Å². The molecule has 2 aliphatic rings. The van der Waals surface area contributed by atoms with Crippen molar-refractivity contribution in [2.75, 3.05) is 5.32 Å². The fraction of sp³-hybridized carbons (Fsp3) is 0.381. The highest BCUT2D eigenvalue weighted by Crippen LogP contribution is 2.43. The number of hydrogen-bond donors (Lipinski definition) is 1. The molecule has 0 amide bonds. The van der Waals surface area contributed by atoms with Gasteiger partial charge in [-0.3, -0.25) is 4.79 Å². The Morgan fingerprint density at radius 2 is 1.84 bits per heavy atom. The normalized spacial score (nSPS) is 25.0. The van der Waals surface area contributed by atoms with Gasteiger partial charge in [-0.2, -0.15) is 0 Å². The number of halogens is 1. The minimum atomic E-state index is -0.308. The summed E-state index contributed by atoms with van der Waals surface area (Å²) in [6.07, 6.45) is 0.190. The fourth-order valence-electron chi connectivity index (χ4n) is 3.78. The van der Waals surface area contributed by atoms with Gasteiger partial charge >= 0.3 is 0 Å². The lowest BCUT2D eigenvalue weighted by molar-refractivity contribution is -0.119. The fourth-order valence-corrected chi connectivity index (χ4v) is 3.78. The Labute approximate surface area is 147 Å². The van der Waals surface area contributed by atoms with E-state index in [-0.39, 0.29) is 35.1 Å². The van der Waals surface area contributed by atoms with Crippen LogP contribution < -0.4 is 10.1 Å². The van der Waals surface area contributed by atoms with Crippen molar-refractivity contribution in [1.29, 1.82) is 0 Å². The number of carbonyl (C=O) groups excluding carboxylic acids is 1. The molecule has 1 saturated carbocycles. The number of benzene rings is 2. The van der Waals surface area contributed by atoms with Gasteiger partial charge in [0.25, 0.3) is 0 Å². The first-order valence-corrected chi connectivity index (χ1v) is 8.69. The molecule has 0 spiro atoms. The first-order valence-electron chi connectivity index (χ1n) is 8.69. The Hall–Kier alpha value is -2.36. The number of anilines is 1. The van der Waals surface area contributed by atoms with E-state index in [2.05, 4.69) is 38.2 Å². The van der Waals surface area contributed by atoms with E-state index in [1.807, 2.05) is 6.07 Å². The number of ether oxygens (including phenoxy) is 1. The Bertz CT molecular complexity index is 823. The Balaban J connectivity index is 1.69. The van der Waals surface area contributed by atoms with Gasteiger partial charge in [0.05, 0.1) is 17.6 Å². The van der Waals surface area contributed by atoms with Gasteiger partial charge in [0.1, 0.15) is 23.5 Å². The summed E-state index contributed by atoms with van der Waals surface area (Å²) in [7, 11) is 0. The van der Waals surface area contributed by atoms with E-state index < -0.39 is 0 Å². The number of carbonyl (C=O) groups is 1. The molecule has 2 aromatic carbocycles. The molecule has 130 valence electrons. The van der Waals surface area contributed by atoms with E-state index in [4.69, 9.17) is 4.74 Å². The van der Waals surface area contributed by atoms with Gasteiger partial charge in [-0.05, 0) is 40.8 Å². The first-order chi connectivity index (χ1) is 11.8. The van der Waals surface area contributed by atoms with Crippen molar-refractivity contribution < 1.29 is 13.9 Å². The van der Waals surface area contributed by atoms with Crippen LogP contribution in [-0.4, -0.2) is 17.9 Å². The van der Waals surface area contributed by atoms with Gasteiger partial charge in [0, 0.05) is 6.42 Å². The molecule has 3 atom stereocenters. The standard InChI is InChI=1S/C21H22FNO2/c1-21(2,3)13-6-9-17-15(10-13)23-20-18(25-17)11-16(24)19(20)12-4-7-14(22)8-5-12/h4-10,18-20,23H,11H2,1-3H3/t18-,19-,20-/m1/s1. The molecule has 1 aliphatic heterocycles. The predicted octanol–water partition coefficient (Wildman–Crippen LogP) is 4.42. The summed E-state index contributed by atoms with van der Waals surface area (Å²) in [5.41, 5.74) is 3.01. The molecular formula is C21H22FNO2. The number of ketones is 1. The molecule has 0 bridgehead atoms. The third kappa shape index (κ3) is 2.80. The zero-order valence-corrected chi connectivity index (χ0v) is 14.7. The highest BCUT2D eigenvalue weighted by atomic mass is 19.1. The van der Waals surface area contributed by atoms with Crippen molar-refractivity contribution in [3.05, 3.63) is 59.4 Å². The van der Waals surface area contributed by atoms with E-state index in [1.54, 1.807) is 12.1 Å². The summed E-state index contributed by atoms with van der Waals surface area (Å²) in [6, 6.07) is 12.3. The molecular weight excluding hydrogens is 317 g/mol. The summed E-state index contributed by atoms with van der Waals surface area (Å²) in [6.45, 7) is 6.50. The van der Waals surface area contributed by atoms with Gasteiger partial charge in [-0.1, -0.05) is 39.0 Å². The largest absolute Gasteiger partial charge is 0.486 e. The Kier molecular flexibility index (Phi) is 3.60. The highest BCUT2D eigenvalue weighted by Gasteiger charge is 2.47. The third-order valence-corrected chi connectivity index (χ3v) is 5.18. The molecule has 2 aromatic rings. The van der Waals surface area contributed by atoms with E-state index in [9.17, 15) is 9.18 Å². The molecule has 0 saturated heterocycles. The molecule has 0 aromatic heterocycles. The molecule has 1 heterocycles. The van der Waals surface area contributed by atoms with Crippen LogP contribution in [0.2, 0.25) is 0 Å². The highest BCUT2D eigenvalue weighted by molar-refractivity contribution is 5.91. The number of rotatable bonds is 1. The van der Waals surface area contributed by atoms with Gasteiger partial charge in [0.15, 0.2) is 0 Å². The van der Waals surface area contributed by atoms with E-state index >= 15 is 0 Å². The second-order valence-corrected chi connectivity index (χ2v) is 7.99. The maximum Gasteiger partial charge on any atom is 0.146 e. The molecule has 25 heavy (non-hydrogen) atoms. The van der Waals surface area contributed by atoms with Crippen LogP contribution in [0.15, 0.2) is 42.5 Å². The SMILES string of the molecule is CC(C)(C)c1ccc2c(c1)N[C@@H]1[C@@H](CC(=O)[C@H]1c1ccc(F)cc1)O2. The first kappa shape index (κ1) is 16.1. The monoisotopic (exact) mass is 339 g/mol. The Morgan fingerprint density at radius 1 is 1.12 bits per heavy atom. The molecule has 1 fully saturated rings. The summed E-state index contributed by atoms with van der Waals surface area (Å²) < 4.78 is 19.3. The summed E-state index contributed by atoms with van der Waals surface area (Å²) in [4.78, 5) is 12.6. The number of nitrogens with one attached hydrogen (secondary N) is 1. The lowest BCUT2D eigenvalue weighted by atomic mass is 9.86. The lowest BCUT2D eigenvalue weighted by Gasteiger charge is -2.34. The third-order valence-electron chi connectivity index (χ3n) is 5.18. The van der Waals surface area contributed by atoms with Crippen LogP contribution in [0.3, 0.4) is 0 Å². The molecule has 1 N–H and O–H groups in total. The van der Waals surface area contributed by atoms with Crippen molar-refractivity contribution in [3.63, 3.8) is 0 Å². The molecule has 4 heteroatoms. The van der Waals surface area contributed by atoms with E-state index in [1.165, 1.54) is 17.7 Å². The quantitative estimate of drug-likeness (QED) is 0.836. The lowest BCUT2D eigenvalue weighted by Crippen LogP contribution is -2.40. The minimum absolute atomic E-state index is 0.0371. The maximum atomic E-state index is 13.2. The van der Waals surface area contributed by atoms with Crippen molar-refractivity contribution in [3.8, 4) is 5.75 Å². The number of hydrogen-bond acceptors (Lipinski definition) is 3. The van der Waals surface area contributed by atoms with Crippen LogP contribution in [0.25, 0.3) is 0 Å². The van der Waals surface area contributed by atoms with Crippen LogP contribution in [-0.2, 0) is 10.2 Å². The van der Waals surface area contributed by atoms with Crippen molar-refractivity contribution in [2.24, 2.45) is 0 Å². The average molecular weight is 339 g/mol. The van der Waals surface area contributed by atoms with Gasteiger partial charge in [-0.25, -0.2) is 4.39 Å². The topological polar surface area (TPSA) is 38.3 Å². The predicted molar refractivity (Wildman–Crippen MR) is 95.7 cm³/mol. The maximum absolute atomic E-state index is 13.2. The van der Waals surface area contributed by atoms with Crippen LogP contribution >= 0.6 is 0 Å². The summed E-state index contributed by atoms with van der Waals surface area (Å²) in [5.74, 6) is 0.329. The van der Waals surface area contributed by atoms with Crippen LogP contribution in [0.5, 0.6) is 5.75 Å². The van der Waals surface area contributed by atoms with Crippen LogP contribution in [0.1, 0.15) is 44.2 Å². The second kappa shape index (κ2) is 5.58. The molecule has 0 radical (unpaired) electrons.